The van der Waals surface area contributed by atoms with Gasteiger partial charge in [0.2, 0.25) is 0 Å². The molecular formula is C10H16ClNO3S. The Kier molecular flexibility index (Phi) is 4.83. The van der Waals surface area contributed by atoms with E-state index in [9.17, 15) is 8.42 Å². The lowest BCUT2D eigenvalue weighted by Crippen LogP contribution is -2.30. The van der Waals surface area contributed by atoms with Crippen molar-refractivity contribution in [3.8, 4) is 0 Å². The molecule has 2 rings (SSSR count). The third kappa shape index (κ3) is 3.81. The Balaban J connectivity index is 0.00000128. The summed E-state index contributed by atoms with van der Waals surface area (Å²) in [6, 6.07) is 3.53. The monoisotopic (exact) mass is 265 g/mol. The van der Waals surface area contributed by atoms with Gasteiger partial charge in [0.25, 0.3) is 0 Å². The minimum atomic E-state index is -3.04. The van der Waals surface area contributed by atoms with E-state index in [1.807, 2.05) is 0 Å². The van der Waals surface area contributed by atoms with Crippen molar-refractivity contribution in [3.63, 3.8) is 0 Å². The Morgan fingerprint density at radius 3 is 2.88 bits per heavy atom. The van der Waals surface area contributed by atoms with E-state index in [0.29, 0.717) is 5.76 Å². The Labute approximate surface area is 102 Å². The van der Waals surface area contributed by atoms with Crippen LogP contribution < -0.4 is 5.32 Å². The molecule has 4 nitrogen and oxygen atoms in total. The summed E-state index contributed by atoms with van der Waals surface area (Å²) in [6.07, 6.45) is 3.52. The van der Waals surface area contributed by atoms with Gasteiger partial charge in [0.1, 0.15) is 11.5 Å². The van der Waals surface area contributed by atoms with Gasteiger partial charge in [-0.3, -0.25) is 0 Å². The lowest BCUT2D eigenvalue weighted by molar-refractivity contribution is 0.518. The summed E-state index contributed by atoms with van der Waals surface area (Å²) in [4.78, 5) is 0. The van der Waals surface area contributed by atoms with Crippen LogP contribution in [0.1, 0.15) is 18.6 Å². The van der Waals surface area contributed by atoms with Crippen molar-refractivity contribution < 1.29 is 12.8 Å². The van der Waals surface area contributed by atoms with Crippen molar-refractivity contribution in [2.45, 2.75) is 24.6 Å². The number of hydrogen-bond acceptors (Lipinski definition) is 4. The molecule has 0 radical (unpaired) electrons. The lowest BCUT2D eigenvalue weighted by Gasteiger charge is -2.09. The number of rotatable bonds is 4. The van der Waals surface area contributed by atoms with Crippen molar-refractivity contribution in [3.05, 3.63) is 24.2 Å². The molecule has 1 N–H and O–H groups in total. The molecule has 0 saturated carbocycles. The van der Waals surface area contributed by atoms with Gasteiger partial charge in [0, 0.05) is 6.04 Å². The zero-order valence-electron chi connectivity index (χ0n) is 8.89. The van der Waals surface area contributed by atoms with Crippen LogP contribution in [0.4, 0.5) is 0 Å². The molecule has 0 amide bonds. The molecule has 1 fully saturated rings. The van der Waals surface area contributed by atoms with E-state index in [1.54, 1.807) is 12.1 Å². The van der Waals surface area contributed by atoms with Gasteiger partial charge in [0.15, 0.2) is 9.84 Å². The zero-order chi connectivity index (χ0) is 10.7. The average Bonchev–Trinajstić information content (AvgIpc) is 2.75. The molecule has 1 unspecified atom stereocenters. The quantitative estimate of drug-likeness (QED) is 0.893. The summed E-state index contributed by atoms with van der Waals surface area (Å²) >= 11 is 0. The smallest absolute Gasteiger partial charge is 0.159 e. The van der Waals surface area contributed by atoms with Gasteiger partial charge in [-0.2, -0.15) is 0 Å². The van der Waals surface area contributed by atoms with Crippen LogP contribution in [0.2, 0.25) is 0 Å². The van der Waals surface area contributed by atoms with E-state index in [2.05, 4.69) is 5.32 Å². The second kappa shape index (κ2) is 5.70. The molecule has 1 aliphatic rings. The summed E-state index contributed by atoms with van der Waals surface area (Å²) in [5, 5.41) is 3.18. The maximum absolute atomic E-state index is 11.8. The third-order valence-electron chi connectivity index (χ3n) is 2.56. The highest BCUT2D eigenvalue weighted by molar-refractivity contribution is 7.90. The van der Waals surface area contributed by atoms with Gasteiger partial charge in [-0.25, -0.2) is 8.42 Å². The molecule has 1 atom stereocenters. The summed E-state index contributed by atoms with van der Waals surface area (Å²) in [6.45, 7) is 0.931. The molecule has 1 aliphatic heterocycles. The Morgan fingerprint density at radius 2 is 2.31 bits per heavy atom. The maximum Gasteiger partial charge on any atom is 0.159 e. The van der Waals surface area contributed by atoms with Crippen molar-refractivity contribution in [1.29, 1.82) is 0 Å². The summed E-state index contributed by atoms with van der Waals surface area (Å²) in [7, 11) is -3.04. The predicted octanol–water partition coefficient (Wildman–Crippen LogP) is 1.37. The van der Waals surface area contributed by atoms with Crippen LogP contribution in [-0.4, -0.2) is 26.8 Å². The van der Waals surface area contributed by atoms with Gasteiger partial charge < -0.3 is 9.73 Å². The normalized spacial score (nSPS) is 20.6. The van der Waals surface area contributed by atoms with E-state index in [-0.39, 0.29) is 30.0 Å². The molecule has 16 heavy (non-hydrogen) atoms. The summed E-state index contributed by atoms with van der Waals surface area (Å²) < 4.78 is 28.5. The highest BCUT2D eigenvalue weighted by Crippen LogP contribution is 2.12. The van der Waals surface area contributed by atoms with E-state index in [1.165, 1.54) is 6.26 Å². The molecule has 1 aromatic rings. The first-order valence-corrected chi connectivity index (χ1v) is 6.94. The molecule has 1 saturated heterocycles. The van der Waals surface area contributed by atoms with Crippen LogP contribution >= 0.6 is 12.4 Å². The highest BCUT2D eigenvalue weighted by atomic mass is 35.5. The zero-order valence-corrected chi connectivity index (χ0v) is 10.5. The SMILES string of the molecule is Cl.O=S(=O)(Cc1ccco1)CC1CCCN1. The molecular weight excluding hydrogens is 250 g/mol. The second-order valence-electron chi connectivity index (χ2n) is 3.93. The summed E-state index contributed by atoms with van der Waals surface area (Å²) in [5.41, 5.74) is 0. The van der Waals surface area contributed by atoms with E-state index in [0.717, 1.165) is 19.4 Å². The van der Waals surface area contributed by atoms with Crippen molar-refractivity contribution in [2.75, 3.05) is 12.3 Å². The van der Waals surface area contributed by atoms with Gasteiger partial charge in [0.05, 0.1) is 12.0 Å². The van der Waals surface area contributed by atoms with Crippen LogP contribution in [-0.2, 0) is 15.6 Å². The van der Waals surface area contributed by atoms with E-state index < -0.39 is 9.84 Å². The van der Waals surface area contributed by atoms with Crippen molar-refractivity contribution in [1.82, 2.24) is 5.32 Å². The van der Waals surface area contributed by atoms with E-state index >= 15 is 0 Å². The molecule has 0 aromatic carbocycles. The minimum Gasteiger partial charge on any atom is -0.468 e. The van der Waals surface area contributed by atoms with Crippen LogP contribution in [0.5, 0.6) is 0 Å². The number of sulfone groups is 1. The average molecular weight is 266 g/mol. The fourth-order valence-electron chi connectivity index (χ4n) is 1.88. The number of nitrogens with one attached hydrogen (secondary N) is 1. The van der Waals surface area contributed by atoms with Gasteiger partial charge in [-0.1, -0.05) is 0 Å². The fraction of sp³-hybridized carbons (Fsp3) is 0.600. The highest BCUT2D eigenvalue weighted by Gasteiger charge is 2.22. The predicted molar refractivity (Wildman–Crippen MR) is 64.5 cm³/mol. The van der Waals surface area contributed by atoms with Gasteiger partial charge >= 0.3 is 0 Å². The standard InChI is InChI=1S/C10H15NO3S.ClH/c12-15(13,7-9-3-1-5-11-9)8-10-4-2-6-14-10;/h2,4,6,9,11H,1,3,5,7-8H2;1H. The molecule has 0 aliphatic carbocycles. The fourth-order valence-corrected chi connectivity index (χ4v) is 3.49. The summed E-state index contributed by atoms with van der Waals surface area (Å²) in [5.74, 6) is 0.749. The number of furan rings is 1. The van der Waals surface area contributed by atoms with Crippen LogP contribution in [0.3, 0.4) is 0 Å². The van der Waals surface area contributed by atoms with Crippen LogP contribution in [0.15, 0.2) is 22.8 Å². The first kappa shape index (κ1) is 13.5. The molecule has 0 spiro atoms. The van der Waals surface area contributed by atoms with Crippen LogP contribution in [0, 0.1) is 0 Å². The first-order valence-electron chi connectivity index (χ1n) is 5.12. The van der Waals surface area contributed by atoms with Crippen LogP contribution in [0.25, 0.3) is 0 Å². The maximum atomic E-state index is 11.8. The molecule has 92 valence electrons. The largest absolute Gasteiger partial charge is 0.468 e. The van der Waals surface area contributed by atoms with Crippen molar-refractivity contribution >= 4 is 22.2 Å². The van der Waals surface area contributed by atoms with Crippen molar-refractivity contribution in [2.24, 2.45) is 0 Å². The number of hydrogen-bond donors (Lipinski definition) is 1. The molecule has 0 bridgehead atoms. The Hall–Kier alpha value is -0.520. The third-order valence-corrected chi connectivity index (χ3v) is 4.19. The van der Waals surface area contributed by atoms with Gasteiger partial charge in [-0.05, 0) is 31.5 Å². The topological polar surface area (TPSA) is 59.3 Å². The molecule has 2 heterocycles. The van der Waals surface area contributed by atoms with E-state index in [4.69, 9.17) is 4.42 Å². The number of halogens is 1. The first-order chi connectivity index (χ1) is 7.16. The molecule has 6 heteroatoms. The Morgan fingerprint density at radius 1 is 1.50 bits per heavy atom. The molecule has 1 aromatic heterocycles. The minimum absolute atomic E-state index is 0. The second-order valence-corrected chi connectivity index (χ2v) is 6.04. The lowest BCUT2D eigenvalue weighted by atomic mass is 10.3. The van der Waals surface area contributed by atoms with Gasteiger partial charge in [-0.15, -0.1) is 12.4 Å². The Bertz CT molecular complexity index is 396.